The van der Waals surface area contributed by atoms with Gasteiger partial charge in [0.25, 0.3) is 0 Å². The van der Waals surface area contributed by atoms with Crippen molar-refractivity contribution in [2.24, 2.45) is 0 Å². The summed E-state index contributed by atoms with van der Waals surface area (Å²) < 4.78 is 46.3. The number of rotatable bonds is 4. The molecule has 0 saturated carbocycles. The van der Waals surface area contributed by atoms with Crippen molar-refractivity contribution in [2.75, 3.05) is 18.0 Å². The third kappa shape index (κ3) is 4.79. The predicted octanol–water partition coefficient (Wildman–Crippen LogP) is 4.65. The average Bonchev–Trinajstić information content (AvgIpc) is 2.75. The van der Waals surface area contributed by atoms with E-state index < -0.39 is 11.9 Å². The lowest BCUT2D eigenvalue weighted by Crippen LogP contribution is -2.42. The number of aromatic nitrogens is 4. The standard InChI is InChI=1S/C20H17ClF3N5O/c21-14-5-6-18(26-11-14)30-15-4-2-8-29(12-15)17-9-16(20(22,23)24)27-19(28-17)13-3-1-7-25-10-13/h1,3,5-7,9-11,15H,2,4,8,12H2. The molecule has 1 saturated heterocycles. The van der Waals surface area contributed by atoms with Crippen molar-refractivity contribution >= 4 is 17.4 Å². The van der Waals surface area contributed by atoms with Crippen molar-refractivity contribution in [1.29, 1.82) is 0 Å². The van der Waals surface area contributed by atoms with Crippen LogP contribution in [0.15, 0.2) is 48.9 Å². The molecule has 1 aliphatic heterocycles. The van der Waals surface area contributed by atoms with Crippen LogP contribution in [-0.2, 0) is 6.18 Å². The minimum atomic E-state index is -4.59. The average molecular weight is 436 g/mol. The summed E-state index contributed by atoms with van der Waals surface area (Å²) in [4.78, 5) is 17.9. The molecule has 6 nitrogen and oxygen atoms in total. The van der Waals surface area contributed by atoms with Gasteiger partial charge in [-0.05, 0) is 31.0 Å². The van der Waals surface area contributed by atoms with Gasteiger partial charge in [-0.15, -0.1) is 0 Å². The molecule has 0 spiro atoms. The fourth-order valence-corrected chi connectivity index (χ4v) is 3.32. The highest BCUT2D eigenvalue weighted by molar-refractivity contribution is 6.30. The van der Waals surface area contributed by atoms with Gasteiger partial charge in [0.1, 0.15) is 11.9 Å². The fourth-order valence-electron chi connectivity index (χ4n) is 3.21. The minimum Gasteiger partial charge on any atom is -0.472 e. The summed E-state index contributed by atoms with van der Waals surface area (Å²) in [6.45, 7) is 0.944. The smallest absolute Gasteiger partial charge is 0.433 e. The largest absolute Gasteiger partial charge is 0.472 e. The summed E-state index contributed by atoms with van der Waals surface area (Å²) in [5.74, 6) is 0.602. The van der Waals surface area contributed by atoms with E-state index in [0.717, 1.165) is 18.9 Å². The zero-order chi connectivity index (χ0) is 21.1. The van der Waals surface area contributed by atoms with E-state index in [1.165, 1.54) is 18.6 Å². The Morgan fingerprint density at radius 2 is 2.00 bits per heavy atom. The van der Waals surface area contributed by atoms with E-state index in [4.69, 9.17) is 16.3 Å². The van der Waals surface area contributed by atoms with E-state index in [-0.39, 0.29) is 17.7 Å². The third-order valence-corrected chi connectivity index (χ3v) is 4.84. The Kier molecular flexibility index (Phi) is 5.72. The highest BCUT2D eigenvalue weighted by Gasteiger charge is 2.35. The first-order valence-corrected chi connectivity index (χ1v) is 9.66. The van der Waals surface area contributed by atoms with Gasteiger partial charge in [0.2, 0.25) is 5.88 Å². The molecule has 30 heavy (non-hydrogen) atoms. The maximum Gasteiger partial charge on any atom is 0.433 e. The van der Waals surface area contributed by atoms with Crippen LogP contribution < -0.4 is 9.64 Å². The molecule has 3 aromatic heterocycles. The predicted molar refractivity (Wildman–Crippen MR) is 105 cm³/mol. The van der Waals surface area contributed by atoms with Crippen LogP contribution in [0.2, 0.25) is 5.02 Å². The fraction of sp³-hybridized carbons (Fsp3) is 0.300. The van der Waals surface area contributed by atoms with E-state index in [0.29, 0.717) is 29.6 Å². The lowest BCUT2D eigenvalue weighted by atomic mass is 10.1. The number of hydrogen-bond acceptors (Lipinski definition) is 6. The first-order chi connectivity index (χ1) is 14.4. The molecule has 4 rings (SSSR count). The molecule has 1 unspecified atom stereocenters. The number of hydrogen-bond donors (Lipinski definition) is 0. The Bertz CT molecular complexity index is 1000. The van der Waals surface area contributed by atoms with Crippen LogP contribution in [0.5, 0.6) is 5.88 Å². The zero-order valence-electron chi connectivity index (χ0n) is 15.7. The third-order valence-electron chi connectivity index (χ3n) is 4.61. The monoisotopic (exact) mass is 435 g/mol. The second kappa shape index (κ2) is 8.43. The van der Waals surface area contributed by atoms with Gasteiger partial charge in [-0.3, -0.25) is 4.98 Å². The van der Waals surface area contributed by atoms with Crippen molar-refractivity contribution in [2.45, 2.75) is 25.1 Å². The zero-order valence-corrected chi connectivity index (χ0v) is 16.4. The quantitative estimate of drug-likeness (QED) is 0.594. The molecule has 0 aromatic carbocycles. The van der Waals surface area contributed by atoms with E-state index in [9.17, 15) is 13.2 Å². The van der Waals surface area contributed by atoms with Crippen LogP contribution in [0.3, 0.4) is 0 Å². The van der Waals surface area contributed by atoms with Gasteiger partial charge >= 0.3 is 6.18 Å². The number of alkyl halides is 3. The molecule has 10 heteroatoms. The Hall–Kier alpha value is -2.94. The number of halogens is 4. The molecule has 0 radical (unpaired) electrons. The van der Waals surface area contributed by atoms with E-state index in [2.05, 4.69) is 19.9 Å². The lowest BCUT2D eigenvalue weighted by molar-refractivity contribution is -0.141. The van der Waals surface area contributed by atoms with Gasteiger partial charge in [0.15, 0.2) is 11.5 Å². The molecule has 3 aromatic rings. The van der Waals surface area contributed by atoms with Crippen molar-refractivity contribution in [3.63, 3.8) is 0 Å². The topological polar surface area (TPSA) is 64.0 Å². The van der Waals surface area contributed by atoms with Gasteiger partial charge in [-0.2, -0.15) is 13.2 Å². The van der Waals surface area contributed by atoms with Gasteiger partial charge in [-0.25, -0.2) is 15.0 Å². The summed E-state index contributed by atoms with van der Waals surface area (Å²) in [6.07, 6.45) is 1.13. The first kappa shape index (κ1) is 20.3. The summed E-state index contributed by atoms with van der Waals surface area (Å²) in [6, 6.07) is 7.56. The summed E-state index contributed by atoms with van der Waals surface area (Å²) in [5, 5.41) is 0.496. The molecular weight excluding hydrogens is 419 g/mol. The number of nitrogens with zero attached hydrogens (tertiary/aromatic N) is 5. The van der Waals surface area contributed by atoms with Crippen LogP contribution in [0.25, 0.3) is 11.4 Å². The number of piperidine rings is 1. The van der Waals surface area contributed by atoms with Crippen LogP contribution in [0, 0.1) is 0 Å². The second-order valence-corrected chi connectivity index (χ2v) is 7.25. The lowest BCUT2D eigenvalue weighted by Gasteiger charge is -2.33. The first-order valence-electron chi connectivity index (χ1n) is 9.28. The molecule has 0 aliphatic carbocycles. The van der Waals surface area contributed by atoms with Crippen molar-refractivity contribution in [3.8, 4) is 17.3 Å². The second-order valence-electron chi connectivity index (χ2n) is 6.82. The van der Waals surface area contributed by atoms with E-state index in [1.54, 1.807) is 29.2 Å². The van der Waals surface area contributed by atoms with Gasteiger partial charge < -0.3 is 9.64 Å². The van der Waals surface area contributed by atoms with Crippen LogP contribution in [-0.4, -0.2) is 39.1 Å². The molecule has 0 bridgehead atoms. The molecule has 0 N–H and O–H groups in total. The van der Waals surface area contributed by atoms with Crippen molar-refractivity contribution in [1.82, 2.24) is 19.9 Å². The Morgan fingerprint density at radius 3 is 2.70 bits per heavy atom. The highest BCUT2D eigenvalue weighted by Crippen LogP contribution is 2.32. The van der Waals surface area contributed by atoms with Crippen molar-refractivity contribution in [3.05, 3.63) is 59.6 Å². The maximum absolute atomic E-state index is 13.5. The van der Waals surface area contributed by atoms with Gasteiger partial charge in [0.05, 0.1) is 11.6 Å². The van der Waals surface area contributed by atoms with Crippen LogP contribution in [0.1, 0.15) is 18.5 Å². The molecule has 1 atom stereocenters. The minimum absolute atomic E-state index is 0.0182. The molecular formula is C20H17ClF3N5O. The Balaban J connectivity index is 1.61. The van der Waals surface area contributed by atoms with Gasteiger partial charge in [0, 0.05) is 42.8 Å². The molecule has 4 heterocycles. The van der Waals surface area contributed by atoms with Crippen LogP contribution >= 0.6 is 11.6 Å². The highest BCUT2D eigenvalue weighted by atomic mass is 35.5. The Morgan fingerprint density at radius 1 is 1.13 bits per heavy atom. The van der Waals surface area contributed by atoms with Crippen LogP contribution in [0.4, 0.5) is 19.0 Å². The molecule has 156 valence electrons. The number of anilines is 1. The molecule has 1 aliphatic rings. The van der Waals surface area contributed by atoms with Gasteiger partial charge in [-0.1, -0.05) is 11.6 Å². The number of pyridine rings is 2. The molecule has 0 amide bonds. The SMILES string of the molecule is FC(F)(F)c1cc(N2CCCC(Oc3ccc(Cl)cn3)C2)nc(-c2cccnc2)n1. The summed E-state index contributed by atoms with van der Waals surface area (Å²) in [7, 11) is 0. The Labute approximate surface area is 175 Å². The normalized spacial score (nSPS) is 17.1. The number of ether oxygens (including phenoxy) is 1. The maximum atomic E-state index is 13.5. The van der Waals surface area contributed by atoms with E-state index in [1.807, 2.05) is 0 Å². The van der Waals surface area contributed by atoms with Crippen molar-refractivity contribution < 1.29 is 17.9 Å². The van der Waals surface area contributed by atoms with E-state index >= 15 is 0 Å². The molecule has 1 fully saturated rings. The summed E-state index contributed by atoms with van der Waals surface area (Å²) >= 11 is 5.84. The summed E-state index contributed by atoms with van der Waals surface area (Å²) in [5.41, 5.74) is -0.575.